The predicted octanol–water partition coefficient (Wildman–Crippen LogP) is 3.01. The monoisotopic (exact) mass is 184 g/mol. The fraction of sp³-hybridized carbons (Fsp3) is 0.444. The van der Waals surface area contributed by atoms with Crippen LogP contribution in [0.2, 0.25) is 5.02 Å². The third-order valence-electron chi connectivity index (χ3n) is 2.32. The van der Waals surface area contributed by atoms with Crippen molar-refractivity contribution in [1.29, 1.82) is 0 Å². The number of carbonyl (C=O) groups is 1. The Labute approximate surface area is 75.5 Å². The fourth-order valence-corrected chi connectivity index (χ4v) is 1.71. The van der Waals surface area contributed by atoms with E-state index in [1.807, 2.05) is 0 Å². The molecule has 0 aromatic carbocycles. The van der Waals surface area contributed by atoms with Gasteiger partial charge in [-0.1, -0.05) is 18.0 Å². The molecule has 0 unspecified atom stereocenters. The van der Waals surface area contributed by atoms with Crippen molar-refractivity contribution in [2.24, 2.45) is 0 Å². The molecule has 0 spiro atoms. The van der Waals surface area contributed by atoms with Crippen LogP contribution >= 0.6 is 11.6 Å². The van der Waals surface area contributed by atoms with Gasteiger partial charge in [-0.15, -0.1) is 0 Å². The molecule has 0 saturated heterocycles. The number of halogens is 1. The highest BCUT2D eigenvalue weighted by molar-refractivity contribution is 6.31. The smallest absolute Gasteiger partial charge is 0.185 e. The lowest BCUT2D eigenvalue weighted by atomic mass is 9.84. The van der Waals surface area contributed by atoms with Crippen molar-refractivity contribution in [2.45, 2.75) is 25.2 Å². The zero-order chi connectivity index (χ0) is 8.55. The fourth-order valence-electron chi connectivity index (χ4n) is 1.41. The second-order valence-electron chi connectivity index (χ2n) is 3.11. The lowest BCUT2D eigenvalue weighted by Crippen LogP contribution is -2.07. The van der Waals surface area contributed by atoms with Gasteiger partial charge in [0.1, 0.15) is 5.76 Å². The summed E-state index contributed by atoms with van der Waals surface area (Å²) in [6.07, 6.45) is 4.18. The van der Waals surface area contributed by atoms with Crippen LogP contribution in [0.25, 0.3) is 0 Å². The Morgan fingerprint density at radius 3 is 2.75 bits per heavy atom. The summed E-state index contributed by atoms with van der Waals surface area (Å²) in [5, 5.41) is 0.599. The molecule has 3 heteroatoms. The van der Waals surface area contributed by atoms with E-state index in [1.165, 1.54) is 6.42 Å². The molecule has 1 fully saturated rings. The number of aldehydes is 1. The first-order valence-electron chi connectivity index (χ1n) is 4.05. The highest BCUT2D eigenvalue weighted by Crippen LogP contribution is 2.40. The Morgan fingerprint density at radius 1 is 1.58 bits per heavy atom. The highest BCUT2D eigenvalue weighted by Gasteiger charge is 2.25. The van der Waals surface area contributed by atoms with Crippen molar-refractivity contribution in [3.8, 4) is 0 Å². The number of carbonyl (C=O) groups excluding carboxylic acids is 1. The first kappa shape index (κ1) is 7.87. The third-order valence-corrected chi connectivity index (χ3v) is 2.62. The van der Waals surface area contributed by atoms with Gasteiger partial charge in [0, 0.05) is 12.0 Å². The van der Waals surface area contributed by atoms with E-state index in [4.69, 9.17) is 16.0 Å². The summed E-state index contributed by atoms with van der Waals surface area (Å²) in [6, 6.07) is 1.59. The minimum atomic E-state index is 0.335. The minimum Gasteiger partial charge on any atom is -0.456 e. The number of furan rings is 1. The molecule has 1 aliphatic carbocycles. The van der Waals surface area contributed by atoms with Gasteiger partial charge in [-0.25, -0.2) is 0 Å². The van der Waals surface area contributed by atoms with Gasteiger partial charge < -0.3 is 4.42 Å². The van der Waals surface area contributed by atoms with Gasteiger partial charge in [-0.3, -0.25) is 4.79 Å². The molecule has 0 bridgehead atoms. The van der Waals surface area contributed by atoms with Crippen LogP contribution in [0.5, 0.6) is 0 Å². The normalized spacial score (nSPS) is 17.4. The van der Waals surface area contributed by atoms with Gasteiger partial charge in [0.2, 0.25) is 0 Å². The molecule has 2 nitrogen and oxygen atoms in total. The summed E-state index contributed by atoms with van der Waals surface area (Å²) >= 11 is 5.88. The van der Waals surface area contributed by atoms with Gasteiger partial charge in [0.05, 0.1) is 5.02 Å². The van der Waals surface area contributed by atoms with Crippen LogP contribution in [0.4, 0.5) is 0 Å². The molecule has 0 N–H and O–H groups in total. The molecule has 1 saturated carbocycles. The third kappa shape index (κ3) is 1.16. The Hall–Kier alpha value is -0.760. The predicted molar refractivity (Wildman–Crippen MR) is 45.7 cm³/mol. The van der Waals surface area contributed by atoms with Gasteiger partial charge >= 0.3 is 0 Å². The Morgan fingerprint density at radius 2 is 2.33 bits per heavy atom. The summed E-state index contributed by atoms with van der Waals surface area (Å²) in [6.45, 7) is 0. The average Bonchev–Trinajstić information content (AvgIpc) is 2.29. The average molecular weight is 185 g/mol. The van der Waals surface area contributed by atoms with Crippen LogP contribution in [0.3, 0.4) is 0 Å². The molecule has 64 valence electrons. The van der Waals surface area contributed by atoms with Crippen LogP contribution in [0.1, 0.15) is 41.5 Å². The van der Waals surface area contributed by atoms with Crippen LogP contribution in [0, 0.1) is 0 Å². The topological polar surface area (TPSA) is 30.2 Å². The zero-order valence-corrected chi connectivity index (χ0v) is 7.30. The second-order valence-corrected chi connectivity index (χ2v) is 3.51. The Balaban J connectivity index is 2.29. The molecule has 0 atom stereocenters. The second kappa shape index (κ2) is 2.94. The molecule has 1 aromatic rings. The molecule has 0 radical (unpaired) electrons. The van der Waals surface area contributed by atoms with Gasteiger partial charge in [0.25, 0.3) is 0 Å². The van der Waals surface area contributed by atoms with Crippen LogP contribution in [-0.4, -0.2) is 6.29 Å². The molecular formula is C9H9ClO2. The van der Waals surface area contributed by atoms with Crippen LogP contribution in [0.15, 0.2) is 10.5 Å². The van der Waals surface area contributed by atoms with Gasteiger partial charge in [-0.2, -0.15) is 0 Å². The highest BCUT2D eigenvalue weighted by atomic mass is 35.5. The molecule has 0 aliphatic heterocycles. The first-order valence-corrected chi connectivity index (χ1v) is 4.43. The zero-order valence-electron chi connectivity index (χ0n) is 6.55. The molecule has 0 amide bonds. The minimum absolute atomic E-state index is 0.335. The lowest BCUT2D eigenvalue weighted by Gasteiger charge is -2.23. The summed E-state index contributed by atoms with van der Waals surface area (Å²) in [7, 11) is 0. The van der Waals surface area contributed by atoms with Crippen LogP contribution < -0.4 is 0 Å². The van der Waals surface area contributed by atoms with E-state index in [1.54, 1.807) is 6.07 Å². The lowest BCUT2D eigenvalue weighted by molar-refractivity contribution is 0.109. The quantitative estimate of drug-likeness (QED) is 0.662. The SMILES string of the molecule is O=Cc1cc(Cl)c(C2CCC2)o1. The van der Waals surface area contributed by atoms with Crippen molar-refractivity contribution in [3.63, 3.8) is 0 Å². The molecule has 1 aliphatic rings. The number of hydrogen-bond donors (Lipinski definition) is 0. The van der Waals surface area contributed by atoms with E-state index in [0.29, 0.717) is 23.0 Å². The van der Waals surface area contributed by atoms with Crippen LogP contribution in [-0.2, 0) is 0 Å². The van der Waals surface area contributed by atoms with E-state index in [2.05, 4.69) is 0 Å². The van der Waals surface area contributed by atoms with Crippen molar-refractivity contribution >= 4 is 17.9 Å². The van der Waals surface area contributed by atoms with Crippen molar-refractivity contribution in [1.82, 2.24) is 0 Å². The summed E-state index contributed by atoms with van der Waals surface area (Å²) in [5.41, 5.74) is 0. The van der Waals surface area contributed by atoms with E-state index in [0.717, 1.165) is 18.6 Å². The van der Waals surface area contributed by atoms with Crippen molar-refractivity contribution < 1.29 is 9.21 Å². The van der Waals surface area contributed by atoms with E-state index in [9.17, 15) is 4.79 Å². The molecule has 12 heavy (non-hydrogen) atoms. The Bertz CT molecular complexity index is 299. The molecule has 1 heterocycles. The molecule has 1 aromatic heterocycles. The summed E-state index contributed by atoms with van der Waals surface area (Å²) < 4.78 is 5.27. The summed E-state index contributed by atoms with van der Waals surface area (Å²) in [5.74, 6) is 1.58. The number of rotatable bonds is 2. The number of hydrogen-bond acceptors (Lipinski definition) is 2. The maximum Gasteiger partial charge on any atom is 0.185 e. The van der Waals surface area contributed by atoms with Crippen molar-refractivity contribution in [3.05, 3.63) is 22.6 Å². The van der Waals surface area contributed by atoms with Gasteiger partial charge in [0.15, 0.2) is 12.0 Å². The van der Waals surface area contributed by atoms with Gasteiger partial charge in [-0.05, 0) is 12.8 Å². The van der Waals surface area contributed by atoms with E-state index in [-0.39, 0.29) is 0 Å². The Kier molecular flexibility index (Phi) is 1.93. The van der Waals surface area contributed by atoms with E-state index < -0.39 is 0 Å². The molecular weight excluding hydrogens is 176 g/mol. The molecule has 2 rings (SSSR count). The first-order chi connectivity index (χ1) is 5.81. The largest absolute Gasteiger partial charge is 0.456 e. The maximum absolute atomic E-state index is 10.3. The standard InChI is InChI=1S/C9H9ClO2/c10-8-4-7(5-11)12-9(8)6-2-1-3-6/h4-6H,1-3H2. The van der Waals surface area contributed by atoms with Crippen molar-refractivity contribution in [2.75, 3.05) is 0 Å². The van der Waals surface area contributed by atoms with E-state index >= 15 is 0 Å². The summed E-state index contributed by atoms with van der Waals surface area (Å²) in [4.78, 5) is 10.3. The maximum atomic E-state index is 10.3.